The summed E-state index contributed by atoms with van der Waals surface area (Å²) in [4.78, 5) is 28.2. The lowest BCUT2D eigenvalue weighted by Gasteiger charge is -2.31. The molecule has 0 aliphatic carbocycles. The molecule has 0 spiro atoms. The van der Waals surface area contributed by atoms with E-state index in [-0.39, 0.29) is 28.3 Å². The van der Waals surface area contributed by atoms with Crippen molar-refractivity contribution in [2.24, 2.45) is 5.92 Å². The van der Waals surface area contributed by atoms with Gasteiger partial charge in [0.25, 0.3) is 5.91 Å². The van der Waals surface area contributed by atoms with Gasteiger partial charge in [-0.05, 0) is 79.4 Å². The highest BCUT2D eigenvalue weighted by Gasteiger charge is 2.34. The van der Waals surface area contributed by atoms with Crippen LogP contribution in [-0.2, 0) is 21.2 Å². The monoisotopic (exact) mass is 583 g/mol. The minimum Gasteiger partial charge on any atom is -0.497 e. The Morgan fingerprint density at radius 2 is 1.75 bits per heavy atom. The zero-order chi connectivity index (χ0) is 28.4. The van der Waals surface area contributed by atoms with Gasteiger partial charge in [-0.2, -0.15) is 4.31 Å². The summed E-state index contributed by atoms with van der Waals surface area (Å²) in [5, 5.41) is 3.14. The molecule has 2 heterocycles. The van der Waals surface area contributed by atoms with Gasteiger partial charge >= 0.3 is 0 Å². The highest BCUT2D eigenvalue weighted by molar-refractivity contribution is 7.89. The summed E-state index contributed by atoms with van der Waals surface area (Å²) in [7, 11) is -0.811. The first kappa shape index (κ1) is 27.9. The van der Waals surface area contributed by atoms with Gasteiger partial charge in [0.05, 0.1) is 30.1 Å². The van der Waals surface area contributed by atoms with Gasteiger partial charge < -0.3 is 19.7 Å². The van der Waals surface area contributed by atoms with Crippen LogP contribution in [0.15, 0.2) is 65.6 Å². The summed E-state index contributed by atoms with van der Waals surface area (Å²) >= 11 is 6.16. The molecule has 0 aromatic heterocycles. The quantitative estimate of drug-likeness (QED) is 0.436. The Morgan fingerprint density at radius 3 is 2.45 bits per heavy atom. The average Bonchev–Trinajstić information content (AvgIpc) is 3.40. The Labute approximate surface area is 238 Å². The van der Waals surface area contributed by atoms with Crippen molar-refractivity contribution in [1.82, 2.24) is 4.31 Å². The van der Waals surface area contributed by atoms with Gasteiger partial charge in [-0.15, -0.1) is 0 Å². The maximum Gasteiger partial charge on any atom is 0.258 e. The number of sulfonamides is 1. The maximum absolute atomic E-state index is 13.3. The predicted molar refractivity (Wildman–Crippen MR) is 153 cm³/mol. The second-order valence-corrected chi connectivity index (χ2v) is 12.1. The van der Waals surface area contributed by atoms with Crippen LogP contribution in [0.2, 0.25) is 5.02 Å². The zero-order valence-electron chi connectivity index (χ0n) is 22.2. The van der Waals surface area contributed by atoms with Crippen molar-refractivity contribution in [3.63, 3.8) is 0 Å². The molecule has 1 saturated heterocycles. The number of hydrogen-bond donors (Lipinski definition) is 1. The summed E-state index contributed by atoms with van der Waals surface area (Å²) in [6.07, 6.45) is 1.83. The molecule has 210 valence electrons. The second-order valence-electron chi connectivity index (χ2n) is 9.77. The molecule has 2 aliphatic rings. The van der Waals surface area contributed by atoms with E-state index in [2.05, 4.69) is 5.32 Å². The van der Waals surface area contributed by atoms with E-state index in [0.29, 0.717) is 48.7 Å². The number of rotatable bonds is 7. The third-order valence-electron chi connectivity index (χ3n) is 7.35. The molecule has 1 atom stereocenters. The first-order valence-corrected chi connectivity index (χ1v) is 14.8. The lowest BCUT2D eigenvalue weighted by molar-refractivity contribution is -0.120. The molecule has 3 aromatic carbocycles. The Bertz CT molecular complexity index is 1540. The number of carbonyl (C=O) groups is 2. The average molecular weight is 584 g/mol. The van der Waals surface area contributed by atoms with Gasteiger partial charge in [0, 0.05) is 36.6 Å². The van der Waals surface area contributed by atoms with Gasteiger partial charge in [-0.25, -0.2) is 8.42 Å². The fourth-order valence-corrected chi connectivity index (χ4v) is 7.01. The standard InChI is InChI=1S/C29H30ClN3O6S/c1-38-23-9-6-20(7-10-23)29(35)33-15-13-19-5-8-22(16-26(19)33)31-28(34)21-4-3-14-32(18-21)40(36,37)24-11-12-27(39-2)25(30)17-24/h5-12,16-17,21H,3-4,13-15,18H2,1-2H3,(H,31,34). The molecule has 0 radical (unpaired) electrons. The van der Waals surface area contributed by atoms with E-state index in [1.54, 1.807) is 42.3 Å². The van der Waals surface area contributed by atoms with Crippen LogP contribution in [0.5, 0.6) is 11.5 Å². The number of carbonyl (C=O) groups excluding carboxylic acids is 2. The number of nitrogens with zero attached hydrogens (tertiary/aromatic N) is 2. The summed E-state index contributed by atoms with van der Waals surface area (Å²) < 4.78 is 38.2. The molecular weight excluding hydrogens is 554 g/mol. The van der Waals surface area contributed by atoms with Crippen LogP contribution in [0.4, 0.5) is 11.4 Å². The Kier molecular flexibility index (Phi) is 8.02. The minimum absolute atomic E-state index is 0.0552. The molecule has 11 heteroatoms. The third kappa shape index (κ3) is 5.52. The summed E-state index contributed by atoms with van der Waals surface area (Å²) in [5.74, 6) is 0.137. The first-order valence-electron chi connectivity index (χ1n) is 12.9. The second kappa shape index (κ2) is 11.5. The molecule has 1 N–H and O–H groups in total. The van der Waals surface area contributed by atoms with Crippen LogP contribution in [-0.4, -0.2) is 58.4 Å². The first-order chi connectivity index (χ1) is 19.2. The highest BCUT2D eigenvalue weighted by Crippen LogP contribution is 2.34. The van der Waals surface area contributed by atoms with Crippen LogP contribution in [0.25, 0.3) is 0 Å². The summed E-state index contributed by atoms with van der Waals surface area (Å²) in [6, 6.07) is 16.8. The van der Waals surface area contributed by atoms with Gasteiger partial charge in [0.2, 0.25) is 15.9 Å². The Balaban J connectivity index is 1.28. The van der Waals surface area contributed by atoms with Gasteiger partial charge in [-0.3, -0.25) is 9.59 Å². The van der Waals surface area contributed by atoms with E-state index in [4.69, 9.17) is 21.1 Å². The number of benzene rings is 3. The highest BCUT2D eigenvalue weighted by atomic mass is 35.5. The molecule has 2 amide bonds. The number of fused-ring (bicyclic) bond motifs is 1. The van der Waals surface area contributed by atoms with E-state index < -0.39 is 15.9 Å². The molecule has 40 heavy (non-hydrogen) atoms. The van der Waals surface area contributed by atoms with Gasteiger partial charge in [-0.1, -0.05) is 17.7 Å². The van der Waals surface area contributed by atoms with E-state index in [1.165, 1.54) is 29.6 Å². The van der Waals surface area contributed by atoms with Crippen molar-refractivity contribution in [2.75, 3.05) is 44.1 Å². The molecule has 1 unspecified atom stereocenters. The third-order valence-corrected chi connectivity index (χ3v) is 9.50. The molecule has 9 nitrogen and oxygen atoms in total. The Hall–Kier alpha value is -3.60. The molecule has 1 fully saturated rings. The zero-order valence-corrected chi connectivity index (χ0v) is 23.8. The normalized spacial score (nSPS) is 17.3. The van der Waals surface area contributed by atoms with E-state index in [0.717, 1.165) is 17.7 Å². The lowest BCUT2D eigenvalue weighted by atomic mass is 9.98. The number of hydrogen-bond acceptors (Lipinski definition) is 6. The van der Waals surface area contributed by atoms with Crippen molar-refractivity contribution >= 4 is 44.8 Å². The number of nitrogens with one attached hydrogen (secondary N) is 1. The fraction of sp³-hybridized carbons (Fsp3) is 0.310. The van der Waals surface area contributed by atoms with Crippen molar-refractivity contribution in [3.8, 4) is 11.5 Å². The minimum atomic E-state index is -3.84. The largest absolute Gasteiger partial charge is 0.497 e. The number of amides is 2. The predicted octanol–water partition coefficient (Wildman–Crippen LogP) is 4.60. The van der Waals surface area contributed by atoms with Crippen molar-refractivity contribution < 1.29 is 27.5 Å². The van der Waals surface area contributed by atoms with E-state index in [1.807, 2.05) is 12.1 Å². The van der Waals surface area contributed by atoms with Crippen LogP contribution in [0.3, 0.4) is 0 Å². The van der Waals surface area contributed by atoms with Crippen molar-refractivity contribution in [3.05, 3.63) is 76.8 Å². The van der Waals surface area contributed by atoms with Crippen LogP contribution in [0, 0.1) is 5.92 Å². The maximum atomic E-state index is 13.3. The van der Waals surface area contributed by atoms with E-state index >= 15 is 0 Å². The molecule has 2 aliphatic heterocycles. The summed E-state index contributed by atoms with van der Waals surface area (Å²) in [6.45, 7) is 0.921. The molecular formula is C29H30ClN3O6S. The van der Waals surface area contributed by atoms with Crippen molar-refractivity contribution in [2.45, 2.75) is 24.2 Å². The Morgan fingerprint density at radius 1 is 0.975 bits per heavy atom. The molecule has 5 rings (SSSR count). The van der Waals surface area contributed by atoms with Crippen LogP contribution >= 0.6 is 11.6 Å². The number of anilines is 2. The smallest absolute Gasteiger partial charge is 0.258 e. The van der Waals surface area contributed by atoms with Crippen LogP contribution in [0.1, 0.15) is 28.8 Å². The molecule has 3 aromatic rings. The van der Waals surface area contributed by atoms with E-state index in [9.17, 15) is 18.0 Å². The number of ether oxygens (including phenoxy) is 2. The number of halogens is 1. The molecule has 0 bridgehead atoms. The lowest BCUT2D eigenvalue weighted by Crippen LogP contribution is -2.43. The number of methoxy groups -OCH3 is 2. The molecule has 0 saturated carbocycles. The van der Waals surface area contributed by atoms with Gasteiger partial charge in [0.15, 0.2) is 0 Å². The number of piperidine rings is 1. The van der Waals surface area contributed by atoms with Crippen molar-refractivity contribution in [1.29, 1.82) is 0 Å². The topological polar surface area (TPSA) is 105 Å². The SMILES string of the molecule is COc1ccc(C(=O)N2CCc3ccc(NC(=O)C4CCCN(S(=O)(=O)c5ccc(OC)c(Cl)c5)C4)cc32)cc1. The van der Waals surface area contributed by atoms with Gasteiger partial charge in [0.1, 0.15) is 11.5 Å². The summed E-state index contributed by atoms with van der Waals surface area (Å²) in [5.41, 5.74) is 2.88. The van der Waals surface area contributed by atoms with Crippen LogP contribution < -0.4 is 19.7 Å². The fourth-order valence-electron chi connectivity index (χ4n) is 5.13.